The summed E-state index contributed by atoms with van der Waals surface area (Å²) >= 11 is 0. The molecule has 1 aromatic carbocycles. The van der Waals surface area contributed by atoms with Crippen molar-refractivity contribution in [1.29, 1.82) is 0 Å². The van der Waals surface area contributed by atoms with Crippen LogP contribution in [-0.4, -0.2) is 11.2 Å². The van der Waals surface area contributed by atoms with Crippen molar-refractivity contribution in [3.05, 3.63) is 35.9 Å². The minimum absolute atomic E-state index is 0.176. The van der Waals surface area contributed by atoms with Crippen molar-refractivity contribution in [3.63, 3.8) is 0 Å². The van der Waals surface area contributed by atoms with Gasteiger partial charge >= 0.3 is 0 Å². The van der Waals surface area contributed by atoms with Gasteiger partial charge in [-0.05, 0) is 36.2 Å². The average Bonchev–Trinajstić information content (AvgIpc) is 2.27. The molecule has 0 aliphatic heterocycles. The van der Waals surface area contributed by atoms with Crippen LogP contribution in [0.3, 0.4) is 0 Å². The number of rotatable bonds is 5. The van der Waals surface area contributed by atoms with Crippen LogP contribution in [0.25, 0.3) is 0 Å². The van der Waals surface area contributed by atoms with Crippen LogP contribution < -0.4 is 0 Å². The van der Waals surface area contributed by atoms with Gasteiger partial charge in [-0.15, -0.1) is 0 Å². The lowest BCUT2D eigenvalue weighted by atomic mass is 9.86. The summed E-state index contributed by atoms with van der Waals surface area (Å²) in [5.74, 6) is 0.436. The molecule has 0 radical (unpaired) electrons. The topological polar surface area (TPSA) is 20.2 Å². The highest BCUT2D eigenvalue weighted by Crippen LogP contribution is 2.26. The predicted octanol–water partition coefficient (Wildman–Crippen LogP) is 4.37. The summed E-state index contributed by atoms with van der Waals surface area (Å²) in [6, 6.07) is 10.4. The Kier molecular flexibility index (Phi) is 5.20. The zero-order valence-electron chi connectivity index (χ0n) is 11.6. The number of aliphatic hydroxyl groups excluding tert-OH is 1. The Hall–Kier alpha value is -0.820. The second-order valence-electron chi connectivity index (χ2n) is 6.30. The molecular formula is C16H26O. The van der Waals surface area contributed by atoms with E-state index < -0.39 is 0 Å². The molecule has 1 rings (SSSR count). The van der Waals surface area contributed by atoms with Crippen molar-refractivity contribution in [3.8, 4) is 0 Å². The molecule has 0 spiro atoms. The molecule has 2 unspecified atom stereocenters. The van der Waals surface area contributed by atoms with Gasteiger partial charge in [0.05, 0.1) is 6.10 Å². The highest BCUT2D eigenvalue weighted by molar-refractivity contribution is 5.18. The molecular weight excluding hydrogens is 208 g/mol. The van der Waals surface area contributed by atoms with Gasteiger partial charge in [0, 0.05) is 0 Å². The Morgan fingerprint density at radius 1 is 1.12 bits per heavy atom. The first-order chi connectivity index (χ1) is 7.88. The average molecular weight is 234 g/mol. The maximum Gasteiger partial charge on any atom is 0.0546 e. The normalized spacial score (nSPS) is 15.6. The Balaban J connectivity index is 2.39. The predicted molar refractivity (Wildman–Crippen MR) is 74.2 cm³/mol. The third-order valence-electron chi connectivity index (χ3n) is 3.22. The van der Waals surface area contributed by atoms with Gasteiger partial charge in [-0.1, -0.05) is 58.0 Å². The van der Waals surface area contributed by atoms with Crippen molar-refractivity contribution in [2.24, 2.45) is 5.41 Å². The molecule has 0 fully saturated rings. The molecule has 0 aromatic heterocycles. The molecule has 0 amide bonds. The van der Waals surface area contributed by atoms with Crippen LogP contribution in [0.1, 0.15) is 58.4 Å². The maximum absolute atomic E-state index is 10.0. The number of aliphatic hydroxyl groups is 1. The minimum Gasteiger partial charge on any atom is -0.393 e. The van der Waals surface area contributed by atoms with E-state index in [1.807, 2.05) is 6.07 Å². The summed E-state index contributed by atoms with van der Waals surface area (Å²) in [7, 11) is 0. The number of hydrogen-bond acceptors (Lipinski definition) is 1. The summed E-state index contributed by atoms with van der Waals surface area (Å²) in [4.78, 5) is 0. The van der Waals surface area contributed by atoms with Crippen molar-refractivity contribution in [2.45, 2.75) is 59.0 Å². The van der Waals surface area contributed by atoms with Gasteiger partial charge in [0.2, 0.25) is 0 Å². The van der Waals surface area contributed by atoms with Gasteiger partial charge in [0.15, 0.2) is 0 Å². The fraction of sp³-hybridized carbons (Fsp3) is 0.625. The maximum atomic E-state index is 10.0. The van der Waals surface area contributed by atoms with Crippen LogP contribution in [0.2, 0.25) is 0 Å². The van der Waals surface area contributed by atoms with Crippen LogP contribution >= 0.6 is 0 Å². The summed E-state index contributed by atoms with van der Waals surface area (Å²) in [6.07, 6.45) is 2.67. The van der Waals surface area contributed by atoms with Gasteiger partial charge in [-0.3, -0.25) is 0 Å². The summed E-state index contributed by atoms with van der Waals surface area (Å²) < 4.78 is 0. The molecule has 17 heavy (non-hydrogen) atoms. The number of benzene rings is 1. The van der Waals surface area contributed by atoms with E-state index in [1.165, 1.54) is 5.56 Å². The van der Waals surface area contributed by atoms with Crippen molar-refractivity contribution in [1.82, 2.24) is 0 Å². The molecule has 2 atom stereocenters. The van der Waals surface area contributed by atoms with E-state index >= 15 is 0 Å². The molecule has 0 aliphatic rings. The van der Waals surface area contributed by atoms with E-state index in [1.54, 1.807) is 0 Å². The molecule has 1 aromatic rings. The minimum atomic E-state index is -0.176. The zero-order chi connectivity index (χ0) is 12.9. The van der Waals surface area contributed by atoms with Crippen LogP contribution in [0.4, 0.5) is 0 Å². The van der Waals surface area contributed by atoms with E-state index in [2.05, 4.69) is 52.0 Å². The smallest absolute Gasteiger partial charge is 0.0546 e. The zero-order valence-corrected chi connectivity index (χ0v) is 11.6. The fourth-order valence-corrected chi connectivity index (χ4v) is 2.04. The molecule has 0 saturated carbocycles. The van der Waals surface area contributed by atoms with Crippen molar-refractivity contribution >= 4 is 0 Å². The Bertz CT molecular complexity index is 310. The SMILES string of the molecule is CC(CC(O)CCC(C)(C)C)c1ccccc1. The first-order valence-corrected chi connectivity index (χ1v) is 6.61. The molecule has 1 nitrogen and oxygen atoms in total. The lowest BCUT2D eigenvalue weighted by Crippen LogP contribution is -2.15. The number of hydrogen-bond donors (Lipinski definition) is 1. The van der Waals surface area contributed by atoms with Gasteiger partial charge < -0.3 is 5.11 Å². The summed E-state index contributed by atoms with van der Waals surface area (Å²) in [6.45, 7) is 8.86. The van der Waals surface area contributed by atoms with E-state index in [0.717, 1.165) is 19.3 Å². The fourth-order valence-electron chi connectivity index (χ4n) is 2.04. The quantitative estimate of drug-likeness (QED) is 0.802. The molecule has 96 valence electrons. The van der Waals surface area contributed by atoms with Crippen molar-refractivity contribution in [2.75, 3.05) is 0 Å². The van der Waals surface area contributed by atoms with Crippen LogP contribution in [-0.2, 0) is 0 Å². The van der Waals surface area contributed by atoms with Crippen LogP contribution in [0, 0.1) is 5.41 Å². The van der Waals surface area contributed by atoms with Crippen LogP contribution in [0.5, 0.6) is 0 Å². The molecule has 0 saturated heterocycles. The van der Waals surface area contributed by atoms with Gasteiger partial charge in [0.1, 0.15) is 0 Å². The molecule has 0 bridgehead atoms. The highest BCUT2D eigenvalue weighted by atomic mass is 16.3. The molecule has 0 aliphatic carbocycles. The van der Waals surface area contributed by atoms with Crippen LogP contribution in [0.15, 0.2) is 30.3 Å². The van der Waals surface area contributed by atoms with Gasteiger partial charge in [0.25, 0.3) is 0 Å². The standard InChI is InChI=1S/C16H26O/c1-13(14-8-6-5-7-9-14)12-15(17)10-11-16(2,3)4/h5-9,13,15,17H,10-12H2,1-4H3. The second kappa shape index (κ2) is 6.20. The lowest BCUT2D eigenvalue weighted by Gasteiger charge is -2.22. The molecule has 1 heteroatoms. The lowest BCUT2D eigenvalue weighted by molar-refractivity contribution is 0.130. The third kappa shape index (κ3) is 5.88. The van der Waals surface area contributed by atoms with Gasteiger partial charge in [-0.2, -0.15) is 0 Å². The summed E-state index contributed by atoms with van der Waals surface area (Å²) in [5.41, 5.74) is 1.64. The first kappa shape index (κ1) is 14.2. The van der Waals surface area contributed by atoms with E-state index in [4.69, 9.17) is 0 Å². The van der Waals surface area contributed by atoms with Gasteiger partial charge in [-0.25, -0.2) is 0 Å². The van der Waals surface area contributed by atoms with E-state index in [0.29, 0.717) is 11.3 Å². The second-order valence-corrected chi connectivity index (χ2v) is 6.30. The molecule has 1 N–H and O–H groups in total. The monoisotopic (exact) mass is 234 g/mol. The Morgan fingerprint density at radius 2 is 1.71 bits per heavy atom. The van der Waals surface area contributed by atoms with E-state index in [9.17, 15) is 5.11 Å². The van der Waals surface area contributed by atoms with E-state index in [-0.39, 0.29) is 6.10 Å². The molecule has 0 heterocycles. The highest BCUT2D eigenvalue weighted by Gasteiger charge is 2.16. The van der Waals surface area contributed by atoms with Crippen molar-refractivity contribution < 1.29 is 5.11 Å². The Morgan fingerprint density at radius 3 is 2.24 bits per heavy atom. The summed E-state index contributed by atoms with van der Waals surface area (Å²) in [5, 5.41) is 10.0. The largest absolute Gasteiger partial charge is 0.393 e. The third-order valence-corrected chi connectivity index (χ3v) is 3.22. The Labute approximate surface area is 106 Å². The first-order valence-electron chi connectivity index (χ1n) is 6.61.